The highest BCUT2D eigenvalue weighted by atomic mass is 32.1. The largest absolute Gasteiger partial charge is 0.503 e. The lowest BCUT2D eigenvalue weighted by atomic mass is 9.95. The first-order valence-electron chi connectivity index (χ1n) is 9.10. The highest BCUT2D eigenvalue weighted by Gasteiger charge is 2.44. The zero-order chi connectivity index (χ0) is 20.3. The van der Waals surface area contributed by atoms with Crippen LogP contribution in [0.4, 0.5) is 4.39 Å². The van der Waals surface area contributed by atoms with Gasteiger partial charge >= 0.3 is 0 Å². The summed E-state index contributed by atoms with van der Waals surface area (Å²) in [4.78, 5) is 27.4. The van der Waals surface area contributed by atoms with Crippen molar-refractivity contribution in [2.24, 2.45) is 0 Å². The van der Waals surface area contributed by atoms with Crippen LogP contribution in [0.25, 0.3) is 0 Å². The molecular formula is C21H22FNO4S. The number of thiophene rings is 1. The number of Topliss-reactive ketones (excluding diaryl/α,β-unsaturated/α-hetero) is 1. The Kier molecular flexibility index (Phi) is 6.26. The predicted molar refractivity (Wildman–Crippen MR) is 105 cm³/mol. The molecule has 0 bridgehead atoms. The minimum absolute atomic E-state index is 0.0548. The Hall–Kier alpha value is -2.51. The maximum absolute atomic E-state index is 14.6. The van der Waals surface area contributed by atoms with Crippen molar-refractivity contribution in [3.63, 3.8) is 0 Å². The lowest BCUT2D eigenvalue weighted by molar-refractivity contribution is -0.129. The number of rotatable bonds is 8. The average Bonchev–Trinajstić information content (AvgIpc) is 3.28. The standard InChI is InChI=1S/C21H22FNO4S/c1-13(2)27-11-6-10-23-18(14-7-3-4-8-15(14)22)17(20(25)21(23)26)19(24)16-9-5-12-28-16/h3-5,7-9,12-13,18,25H,6,10-11H2,1-2H3/t18-/m0/s1. The van der Waals surface area contributed by atoms with Crippen LogP contribution < -0.4 is 0 Å². The highest BCUT2D eigenvalue weighted by Crippen LogP contribution is 2.40. The summed E-state index contributed by atoms with van der Waals surface area (Å²) in [5, 5.41) is 12.2. The van der Waals surface area contributed by atoms with Crippen molar-refractivity contribution in [2.45, 2.75) is 32.4 Å². The zero-order valence-corrected chi connectivity index (χ0v) is 16.5. The van der Waals surface area contributed by atoms with Gasteiger partial charge in [-0.05, 0) is 37.8 Å². The van der Waals surface area contributed by atoms with Crippen molar-refractivity contribution in [3.05, 3.63) is 69.4 Å². The summed E-state index contributed by atoms with van der Waals surface area (Å²) in [5.74, 6) is -2.28. The van der Waals surface area contributed by atoms with Gasteiger partial charge in [-0.1, -0.05) is 24.3 Å². The fraction of sp³-hybridized carbons (Fsp3) is 0.333. The first kappa shape index (κ1) is 20.2. The number of ether oxygens (including phenoxy) is 1. The number of carbonyl (C=O) groups excluding carboxylic acids is 2. The van der Waals surface area contributed by atoms with Crippen molar-refractivity contribution in [1.29, 1.82) is 0 Å². The van der Waals surface area contributed by atoms with E-state index in [0.29, 0.717) is 17.9 Å². The Morgan fingerprint density at radius 2 is 2.04 bits per heavy atom. The number of benzene rings is 1. The first-order chi connectivity index (χ1) is 13.4. The SMILES string of the molecule is CC(C)OCCCN1C(=O)C(O)=C(C(=O)c2cccs2)[C@@H]1c1ccccc1F. The fourth-order valence-electron chi connectivity index (χ4n) is 3.23. The van der Waals surface area contributed by atoms with Gasteiger partial charge < -0.3 is 14.7 Å². The second kappa shape index (κ2) is 8.67. The number of halogens is 1. The van der Waals surface area contributed by atoms with Crippen LogP contribution in [0.15, 0.2) is 53.1 Å². The van der Waals surface area contributed by atoms with Crippen LogP contribution >= 0.6 is 11.3 Å². The molecule has 2 heterocycles. The van der Waals surface area contributed by atoms with E-state index in [9.17, 15) is 19.1 Å². The molecule has 2 aromatic rings. The van der Waals surface area contributed by atoms with Gasteiger partial charge in [0.2, 0.25) is 5.78 Å². The zero-order valence-electron chi connectivity index (χ0n) is 15.7. The quantitative estimate of drug-likeness (QED) is 0.528. The Bertz CT molecular complexity index is 892. The minimum Gasteiger partial charge on any atom is -0.503 e. The van der Waals surface area contributed by atoms with Gasteiger partial charge in [0.05, 0.1) is 22.6 Å². The van der Waals surface area contributed by atoms with Crippen molar-refractivity contribution in [1.82, 2.24) is 4.90 Å². The molecule has 28 heavy (non-hydrogen) atoms. The Balaban J connectivity index is 1.96. The molecule has 1 aliphatic rings. The van der Waals surface area contributed by atoms with Crippen LogP contribution in [0, 0.1) is 5.82 Å². The number of aliphatic hydroxyl groups is 1. The van der Waals surface area contributed by atoms with Crippen molar-refractivity contribution in [2.75, 3.05) is 13.2 Å². The molecule has 1 atom stereocenters. The van der Waals surface area contributed by atoms with E-state index in [2.05, 4.69) is 0 Å². The summed E-state index contributed by atoms with van der Waals surface area (Å²) in [6.07, 6.45) is 0.557. The topological polar surface area (TPSA) is 66.8 Å². The molecule has 0 unspecified atom stereocenters. The third kappa shape index (κ3) is 4.00. The fourth-order valence-corrected chi connectivity index (χ4v) is 3.91. The van der Waals surface area contributed by atoms with E-state index in [0.717, 1.165) is 0 Å². The number of aliphatic hydroxyl groups excluding tert-OH is 1. The van der Waals surface area contributed by atoms with Crippen molar-refractivity contribution >= 4 is 23.0 Å². The Morgan fingerprint density at radius 3 is 2.68 bits per heavy atom. The van der Waals surface area contributed by atoms with E-state index in [4.69, 9.17) is 4.74 Å². The molecule has 1 amide bonds. The normalized spacial score (nSPS) is 17.1. The van der Waals surface area contributed by atoms with Gasteiger partial charge in [-0.15, -0.1) is 11.3 Å². The van der Waals surface area contributed by atoms with E-state index < -0.39 is 29.3 Å². The number of hydrogen-bond acceptors (Lipinski definition) is 5. The monoisotopic (exact) mass is 403 g/mol. The summed E-state index contributed by atoms with van der Waals surface area (Å²) in [5.41, 5.74) is 0.104. The first-order valence-corrected chi connectivity index (χ1v) is 9.98. The van der Waals surface area contributed by atoms with Gasteiger partial charge in [-0.3, -0.25) is 9.59 Å². The van der Waals surface area contributed by atoms with Crippen LogP contribution in [0.3, 0.4) is 0 Å². The van der Waals surface area contributed by atoms with E-state index in [1.165, 1.54) is 28.4 Å². The molecule has 3 rings (SSSR count). The van der Waals surface area contributed by atoms with Gasteiger partial charge in [-0.25, -0.2) is 4.39 Å². The summed E-state index contributed by atoms with van der Waals surface area (Å²) in [7, 11) is 0. The van der Waals surface area contributed by atoms with E-state index in [1.54, 1.807) is 29.6 Å². The van der Waals surface area contributed by atoms with Gasteiger partial charge in [0.25, 0.3) is 5.91 Å². The van der Waals surface area contributed by atoms with E-state index >= 15 is 0 Å². The third-order valence-electron chi connectivity index (χ3n) is 4.49. The number of amides is 1. The van der Waals surface area contributed by atoms with Crippen LogP contribution in [-0.4, -0.2) is 41.0 Å². The van der Waals surface area contributed by atoms with E-state index in [1.807, 2.05) is 13.8 Å². The molecule has 1 aromatic heterocycles. The number of hydrogen-bond donors (Lipinski definition) is 1. The molecule has 0 saturated carbocycles. The summed E-state index contributed by atoms with van der Waals surface area (Å²) in [6.45, 7) is 4.47. The molecule has 5 nitrogen and oxygen atoms in total. The molecule has 0 fully saturated rings. The summed E-state index contributed by atoms with van der Waals surface area (Å²) >= 11 is 1.21. The number of nitrogens with zero attached hydrogens (tertiary/aromatic N) is 1. The number of ketones is 1. The molecule has 0 spiro atoms. The van der Waals surface area contributed by atoms with Gasteiger partial charge in [0.15, 0.2) is 5.76 Å². The molecule has 0 saturated heterocycles. The van der Waals surface area contributed by atoms with Crippen LogP contribution in [-0.2, 0) is 9.53 Å². The highest BCUT2D eigenvalue weighted by molar-refractivity contribution is 7.12. The Labute approximate surface area is 167 Å². The predicted octanol–water partition coefficient (Wildman–Crippen LogP) is 4.28. The van der Waals surface area contributed by atoms with Gasteiger partial charge in [0, 0.05) is 18.7 Å². The molecule has 1 N–H and O–H groups in total. The smallest absolute Gasteiger partial charge is 0.290 e. The summed E-state index contributed by atoms with van der Waals surface area (Å²) in [6, 6.07) is 8.36. The third-order valence-corrected chi connectivity index (χ3v) is 5.36. The maximum atomic E-state index is 14.6. The lowest BCUT2D eigenvalue weighted by Gasteiger charge is -2.27. The number of carbonyl (C=O) groups is 2. The van der Waals surface area contributed by atoms with Crippen LogP contribution in [0.1, 0.15) is 41.5 Å². The van der Waals surface area contributed by atoms with Crippen molar-refractivity contribution < 1.29 is 23.8 Å². The summed E-state index contributed by atoms with van der Waals surface area (Å²) < 4.78 is 20.1. The molecular weight excluding hydrogens is 381 g/mol. The maximum Gasteiger partial charge on any atom is 0.290 e. The van der Waals surface area contributed by atoms with Crippen LogP contribution in [0.2, 0.25) is 0 Å². The van der Waals surface area contributed by atoms with Crippen LogP contribution in [0.5, 0.6) is 0 Å². The molecule has 1 aliphatic heterocycles. The molecule has 1 aromatic carbocycles. The molecule has 7 heteroatoms. The Morgan fingerprint density at radius 1 is 1.29 bits per heavy atom. The minimum atomic E-state index is -0.970. The molecule has 148 valence electrons. The van der Waals surface area contributed by atoms with Gasteiger partial charge in [0.1, 0.15) is 5.82 Å². The average molecular weight is 403 g/mol. The molecule has 0 radical (unpaired) electrons. The second-order valence-electron chi connectivity index (χ2n) is 6.76. The molecule has 0 aliphatic carbocycles. The second-order valence-corrected chi connectivity index (χ2v) is 7.71. The lowest BCUT2D eigenvalue weighted by Crippen LogP contribution is -2.33. The van der Waals surface area contributed by atoms with Gasteiger partial charge in [-0.2, -0.15) is 0 Å². The van der Waals surface area contributed by atoms with Crippen molar-refractivity contribution in [3.8, 4) is 0 Å². The van der Waals surface area contributed by atoms with E-state index in [-0.39, 0.29) is 23.8 Å².